The first kappa shape index (κ1) is 11.9. The van der Waals surface area contributed by atoms with Gasteiger partial charge in [-0.1, -0.05) is 6.92 Å². The van der Waals surface area contributed by atoms with Crippen molar-refractivity contribution in [1.29, 1.82) is 0 Å². The summed E-state index contributed by atoms with van der Waals surface area (Å²) in [6, 6.07) is -0.368. The summed E-state index contributed by atoms with van der Waals surface area (Å²) in [5, 5.41) is 31.0. The second-order valence-electron chi connectivity index (χ2n) is 3.45. The molecule has 0 bridgehead atoms. The maximum atomic E-state index is 9.63. The zero-order chi connectivity index (χ0) is 10.6. The first-order valence-corrected chi connectivity index (χ1v) is 4.89. The number of rotatable bonds is 4. The third kappa shape index (κ3) is 2.65. The van der Waals surface area contributed by atoms with Crippen molar-refractivity contribution in [2.24, 2.45) is 0 Å². The number of aliphatic hydroxyl groups excluding tert-OH is 3. The molecule has 1 aliphatic heterocycles. The monoisotopic (exact) mass is 204 g/mol. The third-order valence-electron chi connectivity index (χ3n) is 2.31. The predicted molar refractivity (Wildman–Crippen MR) is 50.4 cm³/mol. The summed E-state index contributed by atoms with van der Waals surface area (Å²) in [5.74, 6) is 0. The number of aliphatic hydroxyl groups is 3. The first-order valence-electron chi connectivity index (χ1n) is 4.89. The molecule has 1 radical (unpaired) electrons. The van der Waals surface area contributed by atoms with Gasteiger partial charge in [0.15, 0.2) is 0 Å². The van der Waals surface area contributed by atoms with Crippen LogP contribution in [-0.2, 0) is 4.74 Å². The van der Waals surface area contributed by atoms with Crippen molar-refractivity contribution in [2.45, 2.75) is 37.7 Å². The molecule has 0 spiro atoms. The molecule has 1 aliphatic rings. The van der Waals surface area contributed by atoms with Gasteiger partial charge in [-0.2, -0.15) is 0 Å². The molecule has 1 heterocycles. The second-order valence-corrected chi connectivity index (χ2v) is 3.45. The molecule has 1 saturated heterocycles. The van der Waals surface area contributed by atoms with Crippen LogP contribution in [-0.4, -0.2) is 52.8 Å². The van der Waals surface area contributed by atoms with E-state index in [4.69, 9.17) is 9.84 Å². The van der Waals surface area contributed by atoms with Crippen molar-refractivity contribution in [2.75, 3.05) is 13.2 Å². The largest absolute Gasteiger partial charge is 0.394 e. The van der Waals surface area contributed by atoms with E-state index in [1.807, 2.05) is 6.92 Å². The fourth-order valence-electron chi connectivity index (χ4n) is 1.41. The van der Waals surface area contributed by atoms with Crippen molar-refractivity contribution < 1.29 is 20.1 Å². The lowest BCUT2D eigenvalue weighted by molar-refractivity contribution is -0.137. The Morgan fingerprint density at radius 2 is 2.07 bits per heavy atom. The second kappa shape index (κ2) is 5.63. The highest BCUT2D eigenvalue weighted by Crippen LogP contribution is 2.17. The van der Waals surface area contributed by atoms with E-state index in [-0.39, 0.29) is 12.6 Å². The Balaban J connectivity index is 2.42. The molecule has 5 nitrogen and oxygen atoms in total. The molecule has 1 rings (SSSR count). The lowest BCUT2D eigenvalue weighted by Gasteiger charge is -2.36. The van der Waals surface area contributed by atoms with E-state index in [2.05, 4.69) is 5.32 Å². The van der Waals surface area contributed by atoms with E-state index in [0.717, 1.165) is 13.0 Å². The van der Waals surface area contributed by atoms with Crippen LogP contribution in [0.25, 0.3) is 0 Å². The van der Waals surface area contributed by atoms with Gasteiger partial charge in [-0.25, -0.2) is 0 Å². The van der Waals surface area contributed by atoms with Crippen LogP contribution in [0.3, 0.4) is 0 Å². The predicted octanol–water partition coefficient (Wildman–Crippen LogP) is -1.37. The van der Waals surface area contributed by atoms with Crippen molar-refractivity contribution in [3.8, 4) is 0 Å². The molecule has 83 valence electrons. The molecule has 4 N–H and O–H groups in total. The molecule has 0 saturated carbocycles. The van der Waals surface area contributed by atoms with Gasteiger partial charge in [-0.05, 0) is 13.0 Å². The zero-order valence-corrected chi connectivity index (χ0v) is 8.26. The Morgan fingerprint density at radius 3 is 2.64 bits per heavy atom. The normalized spacial score (nSPS) is 38.6. The van der Waals surface area contributed by atoms with Crippen LogP contribution in [0, 0.1) is 6.61 Å². The number of ether oxygens (including phenoxy) is 1. The molecule has 5 heteroatoms. The van der Waals surface area contributed by atoms with Gasteiger partial charge in [0.2, 0.25) is 0 Å². The highest BCUT2D eigenvalue weighted by molar-refractivity contribution is 4.95. The minimum absolute atomic E-state index is 0.296. The van der Waals surface area contributed by atoms with Crippen molar-refractivity contribution in [3.63, 3.8) is 0 Å². The van der Waals surface area contributed by atoms with E-state index in [0.29, 0.717) is 0 Å². The molecule has 14 heavy (non-hydrogen) atoms. The first-order chi connectivity index (χ1) is 6.70. The summed E-state index contributed by atoms with van der Waals surface area (Å²) in [5.41, 5.74) is 0. The standard InChI is InChI=1S/C9H18NO4/c1-2-3-10-6-5-14-7(4-11)9(13)8(6)12/h5-13H,2-4H2,1H3/t6-,7+,8+,9+/m0/s1. The molecule has 4 atom stereocenters. The highest BCUT2D eigenvalue weighted by Gasteiger charge is 2.37. The molecule has 0 aliphatic carbocycles. The molecule has 1 fully saturated rings. The average Bonchev–Trinajstić information content (AvgIpc) is 2.20. The Hall–Kier alpha value is -0.200. The Kier molecular flexibility index (Phi) is 4.77. The Bertz CT molecular complexity index is 167. The maximum Gasteiger partial charge on any atom is 0.110 e. The molecule has 0 amide bonds. The molecular formula is C9H18NO4. The summed E-state index contributed by atoms with van der Waals surface area (Å²) in [7, 11) is 0. The van der Waals surface area contributed by atoms with E-state index in [1.165, 1.54) is 6.61 Å². The van der Waals surface area contributed by atoms with Gasteiger partial charge in [0.25, 0.3) is 0 Å². The van der Waals surface area contributed by atoms with Crippen LogP contribution in [0.2, 0.25) is 0 Å². The Morgan fingerprint density at radius 1 is 1.36 bits per heavy atom. The lowest BCUT2D eigenvalue weighted by Crippen LogP contribution is -2.57. The summed E-state index contributed by atoms with van der Waals surface area (Å²) < 4.78 is 5.07. The molecular weight excluding hydrogens is 186 g/mol. The number of hydrogen-bond acceptors (Lipinski definition) is 5. The van der Waals surface area contributed by atoms with Crippen LogP contribution in [0.5, 0.6) is 0 Å². The van der Waals surface area contributed by atoms with E-state index in [9.17, 15) is 10.2 Å². The topological polar surface area (TPSA) is 82.0 Å². The van der Waals surface area contributed by atoms with Gasteiger partial charge in [-0.3, -0.25) is 0 Å². The molecule has 0 aromatic carbocycles. The average molecular weight is 204 g/mol. The van der Waals surface area contributed by atoms with Crippen LogP contribution >= 0.6 is 0 Å². The third-order valence-corrected chi connectivity index (χ3v) is 2.31. The van der Waals surface area contributed by atoms with Gasteiger partial charge in [0.1, 0.15) is 24.9 Å². The fourth-order valence-corrected chi connectivity index (χ4v) is 1.41. The van der Waals surface area contributed by atoms with Gasteiger partial charge in [0, 0.05) is 0 Å². The Labute approximate surface area is 83.7 Å². The van der Waals surface area contributed by atoms with Gasteiger partial charge < -0.3 is 25.4 Å². The van der Waals surface area contributed by atoms with E-state index in [1.54, 1.807) is 0 Å². The quantitative estimate of drug-likeness (QED) is 0.454. The van der Waals surface area contributed by atoms with Crippen LogP contribution in [0.1, 0.15) is 13.3 Å². The van der Waals surface area contributed by atoms with Crippen molar-refractivity contribution in [3.05, 3.63) is 6.61 Å². The maximum absolute atomic E-state index is 9.63. The summed E-state index contributed by atoms with van der Waals surface area (Å²) in [6.45, 7) is 3.90. The number of hydrogen-bond donors (Lipinski definition) is 4. The van der Waals surface area contributed by atoms with Crippen molar-refractivity contribution in [1.82, 2.24) is 5.32 Å². The van der Waals surface area contributed by atoms with Crippen LogP contribution < -0.4 is 5.32 Å². The lowest BCUT2D eigenvalue weighted by atomic mass is 9.98. The van der Waals surface area contributed by atoms with Gasteiger partial charge in [0.05, 0.1) is 12.6 Å². The summed E-state index contributed by atoms with van der Waals surface area (Å²) in [4.78, 5) is 0. The highest BCUT2D eigenvalue weighted by atomic mass is 16.5. The van der Waals surface area contributed by atoms with Gasteiger partial charge >= 0.3 is 0 Å². The fraction of sp³-hybridized carbons (Fsp3) is 0.889. The minimum Gasteiger partial charge on any atom is -0.394 e. The molecule has 0 unspecified atom stereocenters. The minimum atomic E-state index is -1.04. The van der Waals surface area contributed by atoms with Crippen molar-refractivity contribution >= 4 is 0 Å². The van der Waals surface area contributed by atoms with Crippen LogP contribution in [0.4, 0.5) is 0 Å². The van der Waals surface area contributed by atoms with Crippen LogP contribution in [0.15, 0.2) is 0 Å². The van der Waals surface area contributed by atoms with Gasteiger partial charge in [-0.15, -0.1) is 0 Å². The zero-order valence-electron chi connectivity index (χ0n) is 8.26. The smallest absolute Gasteiger partial charge is 0.110 e. The van der Waals surface area contributed by atoms with E-state index < -0.39 is 18.3 Å². The number of nitrogens with one attached hydrogen (secondary N) is 1. The molecule has 0 aromatic heterocycles. The SMILES string of the molecule is CCCN[C@H]1[CH]O[C@H](CO)[C@@H](O)[C@@H]1O. The summed E-state index contributed by atoms with van der Waals surface area (Å²) in [6.07, 6.45) is -1.74. The van der Waals surface area contributed by atoms with E-state index >= 15 is 0 Å². The molecule has 0 aromatic rings. The summed E-state index contributed by atoms with van der Waals surface area (Å²) >= 11 is 0.